The monoisotopic (exact) mass is 323 g/mol. The van der Waals surface area contributed by atoms with Gasteiger partial charge in [-0.05, 0) is 29.8 Å². The van der Waals surface area contributed by atoms with Crippen LogP contribution in [0, 0.1) is 5.82 Å². The minimum absolute atomic E-state index is 0. The van der Waals surface area contributed by atoms with Gasteiger partial charge in [-0.15, -0.1) is 12.4 Å². The van der Waals surface area contributed by atoms with Gasteiger partial charge in [0, 0.05) is 32.9 Å². The molecule has 0 bridgehead atoms. The summed E-state index contributed by atoms with van der Waals surface area (Å²) in [6.45, 7) is 2.01. The number of halogens is 2. The number of aryl methyl sites for hydroxylation is 1. The van der Waals surface area contributed by atoms with E-state index in [0.29, 0.717) is 18.8 Å². The Morgan fingerprint density at radius 1 is 1.32 bits per heavy atom. The van der Waals surface area contributed by atoms with E-state index < -0.39 is 0 Å². The number of amides is 1. The van der Waals surface area contributed by atoms with Gasteiger partial charge in [-0.3, -0.25) is 4.79 Å². The van der Waals surface area contributed by atoms with Crippen LogP contribution in [0.3, 0.4) is 0 Å². The van der Waals surface area contributed by atoms with Crippen LogP contribution in [0.2, 0.25) is 0 Å². The zero-order valence-corrected chi connectivity index (χ0v) is 13.1. The molecule has 2 heterocycles. The first-order valence-corrected chi connectivity index (χ1v) is 7.05. The van der Waals surface area contributed by atoms with Gasteiger partial charge in [0.05, 0.1) is 6.04 Å². The summed E-state index contributed by atoms with van der Waals surface area (Å²) >= 11 is 0. The summed E-state index contributed by atoms with van der Waals surface area (Å²) < 4.78 is 15.3. The molecule has 1 amide bonds. The van der Waals surface area contributed by atoms with Gasteiger partial charge < -0.3 is 14.8 Å². The third-order valence-corrected chi connectivity index (χ3v) is 3.90. The Hall–Kier alpha value is -1.85. The number of hydrogen-bond donors (Lipinski definition) is 1. The van der Waals surface area contributed by atoms with Crippen molar-refractivity contribution < 1.29 is 9.18 Å². The predicted octanol–water partition coefficient (Wildman–Crippen LogP) is 2.37. The first-order valence-electron chi connectivity index (χ1n) is 7.05. The van der Waals surface area contributed by atoms with Gasteiger partial charge in [0.25, 0.3) is 5.91 Å². The van der Waals surface area contributed by atoms with Gasteiger partial charge in [0.2, 0.25) is 0 Å². The van der Waals surface area contributed by atoms with E-state index in [4.69, 9.17) is 0 Å². The molecular formula is C16H19ClFN3O. The normalized spacial score (nSPS) is 17.9. The van der Waals surface area contributed by atoms with Gasteiger partial charge in [0.1, 0.15) is 11.5 Å². The SMILES string of the molecule is Cl.Cn1cccc1C(=O)N1CCNCC1c1cccc(F)c1. The zero-order valence-electron chi connectivity index (χ0n) is 12.3. The Kier molecular flexibility index (Phi) is 5.21. The van der Waals surface area contributed by atoms with Crippen molar-refractivity contribution in [1.82, 2.24) is 14.8 Å². The topological polar surface area (TPSA) is 37.3 Å². The molecule has 118 valence electrons. The molecule has 1 N–H and O–H groups in total. The fourth-order valence-electron chi connectivity index (χ4n) is 2.79. The van der Waals surface area contributed by atoms with E-state index >= 15 is 0 Å². The molecule has 1 aromatic heterocycles. The van der Waals surface area contributed by atoms with Gasteiger partial charge in [0.15, 0.2) is 0 Å². The van der Waals surface area contributed by atoms with E-state index in [1.54, 1.807) is 6.07 Å². The molecule has 1 saturated heterocycles. The highest BCUT2D eigenvalue weighted by atomic mass is 35.5. The second-order valence-corrected chi connectivity index (χ2v) is 5.28. The predicted molar refractivity (Wildman–Crippen MR) is 85.7 cm³/mol. The molecule has 1 aromatic carbocycles. The van der Waals surface area contributed by atoms with Crippen LogP contribution in [0.5, 0.6) is 0 Å². The first kappa shape index (κ1) is 16.5. The Morgan fingerprint density at radius 2 is 2.14 bits per heavy atom. The molecule has 1 atom stereocenters. The average Bonchev–Trinajstić information content (AvgIpc) is 2.93. The molecule has 1 aliphatic rings. The fourth-order valence-corrected chi connectivity index (χ4v) is 2.79. The molecular weight excluding hydrogens is 305 g/mol. The van der Waals surface area contributed by atoms with E-state index in [-0.39, 0.29) is 30.2 Å². The van der Waals surface area contributed by atoms with Gasteiger partial charge in [-0.1, -0.05) is 12.1 Å². The van der Waals surface area contributed by atoms with E-state index in [1.807, 2.05) is 40.9 Å². The molecule has 1 aliphatic heterocycles. The van der Waals surface area contributed by atoms with Crippen LogP contribution >= 0.6 is 12.4 Å². The van der Waals surface area contributed by atoms with Gasteiger partial charge in [-0.2, -0.15) is 0 Å². The molecule has 22 heavy (non-hydrogen) atoms. The summed E-state index contributed by atoms with van der Waals surface area (Å²) in [7, 11) is 1.85. The van der Waals surface area contributed by atoms with Crippen LogP contribution in [-0.4, -0.2) is 35.0 Å². The molecule has 2 aromatic rings. The minimum Gasteiger partial charge on any atom is -0.347 e. The van der Waals surface area contributed by atoms with Crippen molar-refractivity contribution >= 4 is 18.3 Å². The lowest BCUT2D eigenvalue weighted by Gasteiger charge is -2.36. The maximum atomic E-state index is 13.5. The largest absolute Gasteiger partial charge is 0.347 e. The van der Waals surface area contributed by atoms with E-state index in [2.05, 4.69) is 5.32 Å². The van der Waals surface area contributed by atoms with Crippen LogP contribution in [0.15, 0.2) is 42.6 Å². The second kappa shape index (κ2) is 6.94. The highest BCUT2D eigenvalue weighted by molar-refractivity contribution is 5.93. The number of carbonyl (C=O) groups is 1. The van der Waals surface area contributed by atoms with Crippen LogP contribution in [0.1, 0.15) is 22.1 Å². The number of nitrogens with zero attached hydrogens (tertiary/aromatic N) is 2. The number of rotatable bonds is 2. The molecule has 1 fully saturated rings. The molecule has 6 heteroatoms. The summed E-state index contributed by atoms with van der Waals surface area (Å²) in [6.07, 6.45) is 1.85. The average molecular weight is 324 g/mol. The lowest BCUT2D eigenvalue weighted by molar-refractivity contribution is 0.0624. The van der Waals surface area contributed by atoms with Crippen LogP contribution < -0.4 is 5.32 Å². The van der Waals surface area contributed by atoms with Crippen molar-refractivity contribution in [2.75, 3.05) is 19.6 Å². The molecule has 3 rings (SSSR count). The Balaban J connectivity index is 0.00000176. The van der Waals surface area contributed by atoms with E-state index in [0.717, 1.165) is 12.1 Å². The Bertz CT molecular complexity index is 658. The fraction of sp³-hybridized carbons (Fsp3) is 0.312. The Labute approximate surface area is 135 Å². The lowest BCUT2D eigenvalue weighted by Crippen LogP contribution is -2.49. The molecule has 0 saturated carbocycles. The Morgan fingerprint density at radius 3 is 2.82 bits per heavy atom. The summed E-state index contributed by atoms with van der Waals surface area (Å²) in [5.41, 5.74) is 1.48. The number of hydrogen-bond acceptors (Lipinski definition) is 2. The highest BCUT2D eigenvalue weighted by Crippen LogP contribution is 2.24. The zero-order chi connectivity index (χ0) is 14.8. The van der Waals surface area contributed by atoms with E-state index in [9.17, 15) is 9.18 Å². The number of aromatic nitrogens is 1. The van der Waals surface area contributed by atoms with E-state index in [1.165, 1.54) is 12.1 Å². The second-order valence-electron chi connectivity index (χ2n) is 5.28. The molecule has 0 spiro atoms. The van der Waals surface area contributed by atoms with Gasteiger partial charge >= 0.3 is 0 Å². The number of benzene rings is 1. The third-order valence-electron chi connectivity index (χ3n) is 3.90. The van der Waals surface area contributed by atoms with Crippen molar-refractivity contribution in [3.63, 3.8) is 0 Å². The standard InChI is InChI=1S/C16H18FN3O.ClH/c1-19-8-3-6-14(19)16(21)20-9-7-18-11-15(20)12-4-2-5-13(17)10-12;/h2-6,8,10,15,18H,7,9,11H2,1H3;1H. The number of piperazine rings is 1. The maximum absolute atomic E-state index is 13.5. The van der Waals surface area contributed by atoms with Crippen LogP contribution in [-0.2, 0) is 7.05 Å². The van der Waals surface area contributed by atoms with Crippen LogP contribution in [0.25, 0.3) is 0 Å². The number of carbonyl (C=O) groups excluding carboxylic acids is 1. The number of nitrogens with one attached hydrogen (secondary N) is 1. The maximum Gasteiger partial charge on any atom is 0.271 e. The first-order chi connectivity index (χ1) is 10.2. The summed E-state index contributed by atoms with van der Waals surface area (Å²) in [6, 6.07) is 10.00. The molecule has 0 radical (unpaired) electrons. The third kappa shape index (κ3) is 3.15. The lowest BCUT2D eigenvalue weighted by atomic mass is 10.0. The summed E-state index contributed by atoms with van der Waals surface area (Å²) in [5.74, 6) is -0.289. The van der Waals surface area contributed by atoms with Crippen molar-refractivity contribution in [2.24, 2.45) is 7.05 Å². The van der Waals surface area contributed by atoms with Crippen LogP contribution in [0.4, 0.5) is 4.39 Å². The van der Waals surface area contributed by atoms with Gasteiger partial charge in [-0.25, -0.2) is 4.39 Å². The quantitative estimate of drug-likeness (QED) is 0.921. The summed E-state index contributed by atoms with van der Waals surface area (Å²) in [4.78, 5) is 14.6. The van der Waals surface area contributed by atoms with Crippen molar-refractivity contribution in [1.29, 1.82) is 0 Å². The van der Waals surface area contributed by atoms with Crippen molar-refractivity contribution in [3.8, 4) is 0 Å². The van der Waals surface area contributed by atoms with Crippen molar-refractivity contribution in [2.45, 2.75) is 6.04 Å². The molecule has 4 nitrogen and oxygen atoms in total. The highest BCUT2D eigenvalue weighted by Gasteiger charge is 2.29. The smallest absolute Gasteiger partial charge is 0.271 e. The molecule has 1 unspecified atom stereocenters. The molecule has 0 aliphatic carbocycles. The minimum atomic E-state index is -0.274. The summed E-state index contributed by atoms with van der Waals surface area (Å²) in [5, 5.41) is 3.27. The van der Waals surface area contributed by atoms with Crippen molar-refractivity contribution in [3.05, 3.63) is 59.7 Å².